The monoisotopic (exact) mass is 336 g/mol. The van der Waals surface area contributed by atoms with Gasteiger partial charge in [0.05, 0.1) is 17.4 Å². The van der Waals surface area contributed by atoms with Gasteiger partial charge in [-0.05, 0) is 24.5 Å². The fourth-order valence-corrected chi connectivity index (χ4v) is 5.02. The second-order valence-corrected chi connectivity index (χ2v) is 8.48. The lowest BCUT2D eigenvalue weighted by atomic mass is 10.1. The molecule has 7 heteroatoms. The van der Waals surface area contributed by atoms with Crippen LogP contribution in [-0.4, -0.2) is 44.8 Å². The quantitative estimate of drug-likeness (QED) is 0.872. The van der Waals surface area contributed by atoms with Gasteiger partial charge in [0.15, 0.2) is 9.84 Å². The summed E-state index contributed by atoms with van der Waals surface area (Å²) in [6.45, 7) is 0.742. The van der Waals surface area contributed by atoms with Gasteiger partial charge in [0, 0.05) is 25.2 Å². The number of sulfone groups is 1. The summed E-state index contributed by atoms with van der Waals surface area (Å²) in [6.07, 6.45) is 0.798. The molecule has 2 aliphatic rings. The van der Waals surface area contributed by atoms with E-state index in [0.717, 1.165) is 5.69 Å². The number of para-hydroxylation sites is 1. The molecule has 1 N–H and O–H groups in total. The second kappa shape index (κ2) is 6.31. The Morgan fingerprint density at radius 3 is 2.65 bits per heavy atom. The number of carbonyl (C=O) groups is 2. The number of nitrogens with one attached hydrogen (secondary N) is 1. The van der Waals surface area contributed by atoms with Crippen molar-refractivity contribution in [1.82, 2.24) is 5.32 Å². The standard InChI is InChI=1S/C16H20N2O4S/c19-15-8-13(10-18(15)14-4-2-1-3-5-14)16(20)17-9-12-6-7-23(21,22)11-12/h1-5,12-13H,6-11H2,(H,17,20)/t12-,13+/m1/s1. The van der Waals surface area contributed by atoms with Gasteiger partial charge in [0.2, 0.25) is 11.8 Å². The molecule has 1 aromatic carbocycles. The van der Waals surface area contributed by atoms with Crippen molar-refractivity contribution >= 4 is 27.3 Å². The van der Waals surface area contributed by atoms with Gasteiger partial charge in [-0.15, -0.1) is 0 Å². The molecule has 0 aliphatic carbocycles. The van der Waals surface area contributed by atoms with Crippen LogP contribution in [0.1, 0.15) is 12.8 Å². The predicted octanol–water partition coefficient (Wildman–Crippen LogP) is 0.590. The molecule has 2 atom stereocenters. The van der Waals surface area contributed by atoms with Gasteiger partial charge in [0.1, 0.15) is 0 Å². The van der Waals surface area contributed by atoms with Gasteiger partial charge in [-0.25, -0.2) is 8.42 Å². The molecule has 0 aromatic heterocycles. The van der Waals surface area contributed by atoms with Crippen LogP contribution in [-0.2, 0) is 19.4 Å². The molecule has 0 saturated carbocycles. The maximum atomic E-state index is 12.2. The molecule has 0 spiro atoms. The predicted molar refractivity (Wildman–Crippen MR) is 86.7 cm³/mol. The average Bonchev–Trinajstić information content (AvgIpc) is 3.08. The minimum Gasteiger partial charge on any atom is -0.355 e. The number of rotatable bonds is 4. The molecule has 0 radical (unpaired) electrons. The summed E-state index contributed by atoms with van der Waals surface area (Å²) in [5.74, 6) is -0.252. The number of benzene rings is 1. The van der Waals surface area contributed by atoms with Crippen molar-refractivity contribution in [2.24, 2.45) is 11.8 Å². The summed E-state index contributed by atoms with van der Waals surface area (Å²) >= 11 is 0. The number of amides is 2. The first kappa shape index (κ1) is 16.0. The molecule has 3 rings (SSSR count). The normalized spacial score (nSPS) is 26.4. The highest BCUT2D eigenvalue weighted by atomic mass is 32.2. The van der Waals surface area contributed by atoms with Crippen LogP contribution in [0.15, 0.2) is 30.3 Å². The Morgan fingerprint density at radius 2 is 2.00 bits per heavy atom. The van der Waals surface area contributed by atoms with E-state index in [2.05, 4.69) is 5.32 Å². The van der Waals surface area contributed by atoms with Gasteiger partial charge in [-0.1, -0.05) is 18.2 Å². The van der Waals surface area contributed by atoms with Gasteiger partial charge in [-0.2, -0.15) is 0 Å². The van der Waals surface area contributed by atoms with Gasteiger partial charge in [0.25, 0.3) is 0 Å². The molecule has 2 fully saturated rings. The van der Waals surface area contributed by atoms with Crippen LogP contribution >= 0.6 is 0 Å². The molecular formula is C16H20N2O4S. The molecule has 124 valence electrons. The largest absolute Gasteiger partial charge is 0.355 e. The van der Waals surface area contributed by atoms with Crippen molar-refractivity contribution in [2.75, 3.05) is 29.5 Å². The molecule has 1 aromatic rings. The average molecular weight is 336 g/mol. The molecule has 2 aliphatic heterocycles. The van der Waals surface area contributed by atoms with Crippen LogP contribution in [0.4, 0.5) is 5.69 Å². The molecule has 6 nitrogen and oxygen atoms in total. The summed E-state index contributed by atoms with van der Waals surface area (Å²) in [5, 5.41) is 2.81. The van der Waals surface area contributed by atoms with E-state index in [0.29, 0.717) is 19.5 Å². The Hall–Kier alpha value is -1.89. The van der Waals surface area contributed by atoms with Crippen LogP contribution in [0, 0.1) is 11.8 Å². The van der Waals surface area contributed by atoms with E-state index in [1.807, 2.05) is 30.3 Å². The third-order valence-corrected chi connectivity index (χ3v) is 6.29. The molecule has 2 saturated heterocycles. The first-order valence-corrected chi connectivity index (χ1v) is 9.60. The summed E-state index contributed by atoms with van der Waals surface area (Å²) in [7, 11) is -2.93. The Morgan fingerprint density at radius 1 is 1.26 bits per heavy atom. The Kier molecular flexibility index (Phi) is 4.39. The third-order valence-electron chi connectivity index (χ3n) is 4.46. The van der Waals surface area contributed by atoms with Crippen LogP contribution < -0.4 is 10.2 Å². The van der Waals surface area contributed by atoms with Crippen LogP contribution in [0.2, 0.25) is 0 Å². The zero-order valence-corrected chi connectivity index (χ0v) is 13.6. The smallest absolute Gasteiger partial charge is 0.227 e. The van der Waals surface area contributed by atoms with Crippen molar-refractivity contribution in [1.29, 1.82) is 0 Å². The zero-order chi connectivity index (χ0) is 16.4. The fraction of sp³-hybridized carbons (Fsp3) is 0.500. The van der Waals surface area contributed by atoms with E-state index in [-0.39, 0.29) is 41.6 Å². The van der Waals surface area contributed by atoms with E-state index in [1.54, 1.807) is 4.90 Å². The lowest BCUT2D eigenvalue weighted by molar-refractivity contribution is -0.126. The van der Waals surface area contributed by atoms with Crippen LogP contribution in [0.25, 0.3) is 0 Å². The maximum absolute atomic E-state index is 12.2. The van der Waals surface area contributed by atoms with E-state index >= 15 is 0 Å². The van der Waals surface area contributed by atoms with E-state index in [1.165, 1.54) is 0 Å². The lowest BCUT2D eigenvalue weighted by Crippen LogP contribution is -2.36. The first-order chi connectivity index (χ1) is 10.9. The zero-order valence-electron chi connectivity index (χ0n) is 12.8. The van der Waals surface area contributed by atoms with Gasteiger partial charge < -0.3 is 10.2 Å². The number of nitrogens with zero attached hydrogens (tertiary/aromatic N) is 1. The number of hydrogen-bond acceptors (Lipinski definition) is 4. The number of anilines is 1. The SMILES string of the molecule is O=C(NC[C@H]1CCS(=O)(=O)C1)[C@H]1CC(=O)N(c2ccccc2)C1. The summed E-state index contributed by atoms with van der Waals surface area (Å²) < 4.78 is 22.8. The van der Waals surface area contributed by atoms with Crippen molar-refractivity contribution in [3.05, 3.63) is 30.3 Å². The van der Waals surface area contributed by atoms with E-state index in [4.69, 9.17) is 0 Å². The molecule has 2 heterocycles. The van der Waals surface area contributed by atoms with Crippen molar-refractivity contribution < 1.29 is 18.0 Å². The molecule has 2 amide bonds. The van der Waals surface area contributed by atoms with E-state index < -0.39 is 9.84 Å². The second-order valence-electron chi connectivity index (χ2n) is 6.26. The summed E-state index contributed by atoms with van der Waals surface area (Å²) in [4.78, 5) is 26.0. The Labute approximate surface area is 135 Å². The Balaban J connectivity index is 1.54. The van der Waals surface area contributed by atoms with E-state index in [9.17, 15) is 18.0 Å². The maximum Gasteiger partial charge on any atom is 0.227 e. The van der Waals surface area contributed by atoms with Crippen LogP contribution in [0.5, 0.6) is 0 Å². The minimum absolute atomic E-state index is 0.00807. The minimum atomic E-state index is -2.93. The Bertz CT molecular complexity index is 702. The fourth-order valence-electron chi connectivity index (χ4n) is 3.16. The van der Waals surface area contributed by atoms with Crippen molar-refractivity contribution in [3.8, 4) is 0 Å². The van der Waals surface area contributed by atoms with Crippen molar-refractivity contribution in [2.45, 2.75) is 12.8 Å². The van der Waals surface area contributed by atoms with Gasteiger partial charge >= 0.3 is 0 Å². The first-order valence-electron chi connectivity index (χ1n) is 7.78. The highest BCUT2D eigenvalue weighted by Crippen LogP contribution is 2.25. The van der Waals surface area contributed by atoms with Gasteiger partial charge in [-0.3, -0.25) is 9.59 Å². The molecule has 23 heavy (non-hydrogen) atoms. The molecule has 0 bridgehead atoms. The van der Waals surface area contributed by atoms with Crippen LogP contribution in [0.3, 0.4) is 0 Å². The third kappa shape index (κ3) is 3.72. The number of hydrogen-bond donors (Lipinski definition) is 1. The molecular weight excluding hydrogens is 316 g/mol. The highest BCUT2D eigenvalue weighted by molar-refractivity contribution is 7.91. The van der Waals surface area contributed by atoms with Crippen molar-refractivity contribution in [3.63, 3.8) is 0 Å². The topological polar surface area (TPSA) is 83.5 Å². The summed E-state index contributed by atoms with van der Waals surface area (Å²) in [6, 6.07) is 9.29. The number of carbonyl (C=O) groups excluding carboxylic acids is 2. The summed E-state index contributed by atoms with van der Waals surface area (Å²) in [5.41, 5.74) is 0.801. The lowest BCUT2D eigenvalue weighted by Gasteiger charge is -2.17. The molecule has 0 unspecified atom stereocenters. The highest BCUT2D eigenvalue weighted by Gasteiger charge is 2.35.